The fraction of sp³-hybridized carbons (Fsp3) is 0.250. The number of benzene rings is 2. The molecule has 2 aromatic carbocycles. The Morgan fingerprint density at radius 3 is 2.45 bits per heavy atom. The molecule has 0 bridgehead atoms. The first-order valence-electron chi connectivity index (χ1n) is 6.66. The topological polar surface area (TPSA) is 32.3 Å². The van der Waals surface area contributed by atoms with E-state index < -0.39 is 0 Å². The molecular formula is C16H15Br2NO. The van der Waals surface area contributed by atoms with E-state index in [2.05, 4.69) is 55.4 Å². The van der Waals surface area contributed by atoms with Crippen molar-refractivity contribution < 1.29 is 5.11 Å². The number of halogens is 2. The van der Waals surface area contributed by atoms with Crippen molar-refractivity contribution in [3.05, 3.63) is 56.0 Å². The van der Waals surface area contributed by atoms with Gasteiger partial charge < -0.3 is 10.4 Å². The number of rotatable bonds is 3. The standard InChI is InChI=1S/C16H15Br2NO/c17-14-6-10(7-15(18)16(14)20)9-19-13-5-4-11-2-1-3-12(11)8-13/h4-8,19-20H,1-3,9H2. The number of phenolic OH excluding ortho intramolecular Hbond substituents is 1. The Kier molecular flexibility index (Phi) is 4.03. The molecule has 2 aromatic rings. The molecular weight excluding hydrogens is 382 g/mol. The van der Waals surface area contributed by atoms with Crippen molar-refractivity contribution in [1.82, 2.24) is 0 Å². The van der Waals surface area contributed by atoms with E-state index in [0.29, 0.717) is 8.95 Å². The summed E-state index contributed by atoms with van der Waals surface area (Å²) in [5.74, 6) is 0.242. The molecule has 1 aliphatic rings. The molecule has 0 spiro atoms. The van der Waals surface area contributed by atoms with Gasteiger partial charge >= 0.3 is 0 Å². The number of anilines is 1. The van der Waals surface area contributed by atoms with E-state index in [-0.39, 0.29) is 5.75 Å². The third kappa shape index (κ3) is 2.86. The summed E-state index contributed by atoms with van der Waals surface area (Å²) in [5.41, 5.74) is 5.24. The van der Waals surface area contributed by atoms with Crippen molar-refractivity contribution in [2.75, 3.05) is 5.32 Å². The largest absolute Gasteiger partial charge is 0.506 e. The molecule has 2 N–H and O–H groups in total. The van der Waals surface area contributed by atoms with Crippen LogP contribution in [-0.4, -0.2) is 5.11 Å². The minimum atomic E-state index is 0.242. The molecule has 4 heteroatoms. The summed E-state index contributed by atoms with van der Waals surface area (Å²) in [6, 6.07) is 10.5. The van der Waals surface area contributed by atoms with E-state index in [1.165, 1.54) is 30.4 Å². The van der Waals surface area contributed by atoms with Crippen molar-refractivity contribution in [2.24, 2.45) is 0 Å². The quantitative estimate of drug-likeness (QED) is 0.763. The van der Waals surface area contributed by atoms with E-state index >= 15 is 0 Å². The Bertz CT molecular complexity index is 632. The molecule has 0 heterocycles. The molecule has 0 unspecified atom stereocenters. The van der Waals surface area contributed by atoms with Gasteiger partial charge in [-0.2, -0.15) is 0 Å². The van der Waals surface area contributed by atoms with Gasteiger partial charge in [0, 0.05) is 12.2 Å². The monoisotopic (exact) mass is 395 g/mol. The molecule has 1 aliphatic carbocycles. The van der Waals surface area contributed by atoms with E-state index in [0.717, 1.165) is 17.8 Å². The van der Waals surface area contributed by atoms with Crippen molar-refractivity contribution in [3.8, 4) is 5.75 Å². The van der Waals surface area contributed by atoms with Crippen LogP contribution < -0.4 is 5.32 Å². The molecule has 104 valence electrons. The fourth-order valence-electron chi connectivity index (χ4n) is 2.61. The van der Waals surface area contributed by atoms with Crippen molar-refractivity contribution in [2.45, 2.75) is 25.8 Å². The summed E-state index contributed by atoms with van der Waals surface area (Å²) in [7, 11) is 0. The number of phenols is 1. The van der Waals surface area contributed by atoms with Crippen LogP contribution in [0.4, 0.5) is 5.69 Å². The maximum atomic E-state index is 9.71. The number of fused-ring (bicyclic) bond motifs is 1. The normalized spacial score (nSPS) is 13.3. The van der Waals surface area contributed by atoms with Gasteiger partial charge in [0.15, 0.2) is 0 Å². The molecule has 0 amide bonds. The first-order valence-corrected chi connectivity index (χ1v) is 8.24. The lowest BCUT2D eigenvalue weighted by molar-refractivity contribution is 0.468. The van der Waals surface area contributed by atoms with Gasteiger partial charge in [-0.15, -0.1) is 0 Å². The van der Waals surface area contributed by atoms with Crippen molar-refractivity contribution in [3.63, 3.8) is 0 Å². The zero-order valence-electron chi connectivity index (χ0n) is 10.9. The number of hydrogen-bond donors (Lipinski definition) is 2. The number of nitrogens with one attached hydrogen (secondary N) is 1. The number of aromatic hydroxyl groups is 1. The molecule has 0 aliphatic heterocycles. The van der Waals surface area contributed by atoms with Crippen molar-refractivity contribution in [1.29, 1.82) is 0 Å². The number of hydrogen-bond acceptors (Lipinski definition) is 2. The predicted molar refractivity (Wildman–Crippen MR) is 89.3 cm³/mol. The van der Waals surface area contributed by atoms with Gasteiger partial charge in [-0.3, -0.25) is 0 Å². The lowest BCUT2D eigenvalue weighted by Gasteiger charge is -2.10. The van der Waals surface area contributed by atoms with Crippen LogP contribution >= 0.6 is 31.9 Å². The van der Waals surface area contributed by atoms with E-state index in [1.807, 2.05) is 12.1 Å². The van der Waals surface area contributed by atoms with Gasteiger partial charge in [-0.1, -0.05) is 6.07 Å². The molecule has 0 radical (unpaired) electrons. The molecule has 2 nitrogen and oxygen atoms in total. The Labute approximate surface area is 135 Å². The predicted octanol–water partition coefficient (Wildman–Crippen LogP) is 5.02. The lowest BCUT2D eigenvalue weighted by atomic mass is 10.1. The third-order valence-corrected chi connectivity index (χ3v) is 4.88. The summed E-state index contributed by atoms with van der Waals surface area (Å²) in [6.45, 7) is 0.732. The number of aryl methyl sites for hydroxylation is 2. The van der Waals surface area contributed by atoms with Crippen molar-refractivity contribution >= 4 is 37.5 Å². The zero-order chi connectivity index (χ0) is 14.1. The Morgan fingerprint density at radius 2 is 1.70 bits per heavy atom. The van der Waals surface area contributed by atoms with Gasteiger partial charge in [-0.25, -0.2) is 0 Å². The zero-order valence-corrected chi connectivity index (χ0v) is 14.1. The van der Waals surface area contributed by atoms with Gasteiger partial charge in [-0.05, 0) is 92.1 Å². The molecule has 0 atom stereocenters. The average Bonchev–Trinajstić information content (AvgIpc) is 2.89. The van der Waals surface area contributed by atoms with Gasteiger partial charge in [0.05, 0.1) is 8.95 Å². The Hall–Kier alpha value is -1.00. The highest BCUT2D eigenvalue weighted by molar-refractivity contribution is 9.11. The van der Waals surface area contributed by atoms with E-state index in [1.54, 1.807) is 0 Å². The Morgan fingerprint density at radius 1 is 1.00 bits per heavy atom. The highest BCUT2D eigenvalue weighted by Crippen LogP contribution is 2.33. The van der Waals surface area contributed by atoms with Crippen LogP contribution in [0.2, 0.25) is 0 Å². The maximum absolute atomic E-state index is 9.71. The van der Waals surface area contributed by atoms with Crippen LogP contribution in [0.3, 0.4) is 0 Å². The maximum Gasteiger partial charge on any atom is 0.143 e. The summed E-state index contributed by atoms with van der Waals surface area (Å²) in [5, 5.41) is 13.1. The fourth-order valence-corrected chi connectivity index (χ4v) is 3.89. The summed E-state index contributed by atoms with van der Waals surface area (Å²) < 4.78 is 1.41. The minimum absolute atomic E-state index is 0.242. The van der Waals surface area contributed by atoms with Crippen LogP contribution in [0.15, 0.2) is 39.3 Å². The average molecular weight is 397 g/mol. The van der Waals surface area contributed by atoms with Crippen LogP contribution in [0, 0.1) is 0 Å². The van der Waals surface area contributed by atoms with Crippen LogP contribution in [0.1, 0.15) is 23.1 Å². The van der Waals surface area contributed by atoms with Crippen LogP contribution in [-0.2, 0) is 19.4 Å². The smallest absolute Gasteiger partial charge is 0.143 e. The second-order valence-electron chi connectivity index (χ2n) is 5.10. The SMILES string of the molecule is Oc1c(Br)cc(CNc2ccc3c(c2)CCC3)cc1Br. The summed E-state index contributed by atoms with van der Waals surface area (Å²) in [4.78, 5) is 0. The first-order chi connectivity index (χ1) is 9.63. The summed E-state index contributed by atoms with van der Waals surface area (Å²) in [6.07, 6.45) is 3.69. The molecule has 0 fully saturated rings. The van der Waals surface area contributed by atoms with E-state index in [9.17, 15) is 5.11 Å². The van der Waals surface area contributed by atoms with Gasteiger partial charge in [0.1, 0.15) is 5.75 Å². The molecule has 20 heavy (non-hydrogen) atoms. The van der Waals surface area contributed by atoms with Crippen LogP contribution in [0.25, 0.3) is 0 Å². The highest BCUT2D eigenvalue weighted by Gasteiger charge is 2.11. The molecule has 0 saturated carbocycles. The van der Waals surface area contributed by atoms with E-state index in [4.69, 9.17) is 0 Å². The third-order valence-electron chi connectivity index (χ3n) is 3.67. The highest BCUT2D eigenvalue weighted by atomic mass is 79.9. The first kappa shape index (κ1) is 14.0. The molecule has 0 aromatic heterocycles. The molecule has 3 rings (SSSR count). The molecule has 0 saturated heterocycles. The summed E-state index contributed by atoms with van der Waals surface area (Å²) >= 11 is 6.71. The van der Waals surface area contributed by atoms with Gasteiger partial charge in [0.25, 0.3) is 0 Å². The Balaban J connectivity index is 1.73. The second-order valence-corrected chi connectivity index (χ2v) is 6.81. The minimum Gasteiger partial charge on any atom is -0.506 e. The second kappa shape index (κ2) is 5.78. The lowest BCUT2D eigenvalue weighted by Crippen LogP contribution is -2.00. The van der Waals surface area contributed by atoms with Crippen LogP contribution in [0.5, 0.6) is 5.75 Å². The van der Waals surface area contributed by atoms with Gasteiger partial charge in [0.2, 0.25) is 0 Å².